The average molecular weight is 310 g/mol. The van der Waals surface area contributed by atoms with Crippen LogP contribution < -0.4 is 5.32 Å². The minimum atomic E-state index is -0.419. The largest absolute Gasteiger partial charge is 0.384 e. The van der Waals surface area contributed by atoms with Crippen LogP contribution in [0.3, 0.4) is 0 Å². The number of halogens is 3. The van der Waals surface area contributed by atoms with E-state index in [1.165, 1.54) is 23.3 Å². The number of fused-ring (bicyclic) bond motifs is 1. The van der Waals surface area contributed by atoms with Crippen molar-refractivity contribution in [3.8, 4) is 11.1 Å². The Balaban J connectivity index is 2.26. The lowest BCUT2D eigenvalue weighted by Crippen LogP contribution is -2.14. The van der Waals surface area contributed by atoms with Crippen LogP contribution in [-0.4, -0.2) is 6.54 Å². The molecule has 2 aromatic carbocycles. The maximum atomic E-state index is 13.3. The molecule has 3 rings (SSSR count). The first-order chi connectivity index (χ1) is 9.58. The molecule has 0 aliphatic carbocycles. The van der Waals surface area contributed by atoms with Crippen molar-refractivity contribution >= 4 is 28.9 Å². The molecule has 0 amide bonds. The molecule has 0 fully saturated rings. The lowest BCUT2D eigenvalue weighted by atomic mass is 9.92. The van der Waals surface area contributed by atoms with Crippen molar-refractivity contribution in [2.24, 2.45) is 0 Å². The Morgan fingerprint density at radius 2 is 1.85 bits per heavy atom. The number of benzene rings is 2. The Bertz CT molecular complexity index is 659. The van der Waals surface area contributed by atoms with Crippen LogP contribution in [0.5, 0.6) is 0 Å². The predicted octanol–water partition coefficient (Wildman–Crippen LogP) is 5.47. The highest BCUT2D eigenvalue weighted by Crippen LogP contribution is 2.42. The van der Waals surface area contributed by atoms with Gasteiger partial charge in [0.1, 0.15) is 5.82 Å². The Morgan fingerprint density at radius 3 is 2.55 bits per heavy atom. The molecule has 0 saturated heterocycles. The van der Waals surface area contributed by atoms with E-state index in [1.54, 1.807) is 0 Å². The van der Waals surface area contributed by atoms with E-state index in [0.717, 1.165) is 30.6 Å². The Hall–Kier alpha value is -1.25. The van der Waals surface area contributed by atoms with E-state index in [1.807, 2.05) is 6.07 Å². The molecular weight excluding hydrogens is 296 g/mol. The van der Waals surface area contributed by atoms with Gasteiger partial charge in [0.2, 0.25) is 0 Å². The number of hydrogen-bond acceptors (Lipinski definition) is 1. The zero-order valence-corrected chi connectivity index (χ0v) is 12.6. The van der Waals surface area contributed by atoms with Gasteiger partial charge in [0.05, 0.1) is 10.0 Å². The second-order valence-corrected chi connectivity index (χ2v) is 5.87. The summed E-state index contributed by atoms with van der Waals surface area (Å²) in [6, 6.07) is 6.67. The van der Waals surface area contributed by atoms with E-state index in [2.05, 4.69) is 18.3 Å². The molecule has 0 bridgehead atoms. The van der Waals surface area contributed by atoms with E-state index >= 15 is 0 Å². The summed E-state index contributed by atoms with van der Waals surface area (Å²) in [6.07, 6.45) is 2.15. The Kier molecular flexibility index (Phi) is 3.61. The molecule has 0 spiro atoms. The van der Waals surface area contributed by atoms with E-state index in [-0.39, 0.29) is 0 Å². The first kappa shape index (κ1) is 13.7. The summed E-state index contributed by atoms with van der Waals surface area (Å²) in [6.45, 7) is 3.03. The molecular formula is C16H14Cl2FN. The molecule has 1 aliphatic heterocycles. The molecule has 0 aromatic heterocycles. The van der Waals surface area contributed by atoms with Gasteiger partial charge in [-0.05, 0) is 43.0 Å². The first-order valence-corrected chi connectivity index (χ1v) is 7.35. The van der Waals surface area contributed by atoms with Crippen LogP contribution in [-0.2, 0) is 6.42 Å². The highest BCUT2D eigenvalue weighted by atomic mass is 35.5. The van der Waals surface area contributed by atoms with Crippen molar-refractivity contribution in [2.75, 3.05) is 11.9 Å². The molecule has 1 nitrogen and oxygen atoms in total. The highest BCUT2D eigenvalue weighted by molar-refractivity contribution is 6.39. The smallest absolute Gasteiger partial charge is 0.126 e. The maximum Gasteiger partial charge on any atom is 0.126 e. The van der Waals surface area contributed by atoms with Crippen molar-refractivity contribution in [2.45, 2.75) is 19.8 Å². The van der Waals surface area contributed by atoms with Gasteiger partial charge in [-0.3, -0.25) is 0 Å². The second-order valence-electron chi connectivity index (χ2n) is 5.06. The molecule has 1 heterocycles. The minimum Gasteiger partial charge on any atom is -0.384 e. The van der Waals surface area contributed by atoms with Crippen LogP contribution in [0.2, 0.25) is 10.0 Å². The van der Waals surface area contributed by atoms with Gasteiger partial charge in [0, 0.05) is 23.4 Å². The summed E-state index contributed by atoms with van der Waals surface area (Å²) < 4.78 is 13.3. The maximum absolute atomic E-state index is 13.3. The van der Waals surface area contributed by atoms with Gasteiger partial charge in [-0.2, -0.15) is 0 Å². The lowest BCUT2D eigenvalue weighted by molar-refractivity contribution is 0.628. The lowest BCUT2D eigenvalue weighted by Gasteiger charge is -2.24. The molecule has 0 atom stereocenters. The minimum absolute atomic E-state index is 0.341. The third-order valence-corrected chi connectivity index (χ3v) is 4.32. The van der Waals surface area contributed by atoms with E-state index in [4.69, 9.17) is 23.2 Å². The SMILES string of the molecule is Cc1ccc(-c2c(Cl)cc(F)cc2Cl)c2c1CCCN2. The van der Waals surface area contributed by atoms with Crippen LogP contribution in [0.1, 0.15) is 17.5 Å². The van der Waals surface area contributed by atoms with Crippen molar-refractivity contribution in [1.29, 1.82) is 0 Å². The van der Waals surface area contributed by atoms with Crippen molar-refractivity contribution in [3.05, 3.63) is 51.3 Å². The zero-order chi connectivity index (χ0) is 14.3. The molecule has 4 heteroatoms. The fraction of sp³-hybridized carbons (Fsp3) is 0.250. The molecule has 0 saturated carbocycles. The van der Waals surface area contributed by atoms with Crippen LogP contribution in [0.15, 0.2) is 24.3 Å². The molecule has 1 aliphatic rings. The van der Waals surface area contributed by atoms with Crippen LogP contribution in [0, 0.1) is 12.7 Å². The third-order valence-electron chi connectivity index (χ3n) is 3.73. The summed E-state index contributed by atoms with van der Waals surface area (Å²) in [5, 5.41) is 4.11. The van der Waals surface area contributed by atoms with E-state index < -0.39 is 5.82 Å². The standard InChI is InChI=1S/C16H14Cl2FN/c1-9-4-5-12(16-11(9)3-2-6-20-16)15-13(17)7-10(19)8-14(15)18/h4-5,7-8,20H,2-3,6H2,1H3. The van der Waals surface area contributed by atoms with E-state index in [9.17, 15) is 4.39 Å². The number of aryl methyl sites for hydroxylation is 1. The summed E-state index contributed by atoms with van der Waals surface area (Å²) in [4.78, 5) is 0. The van der Waals surface area contributed by atoms with Gasteiger partial charge < -0.3 is 5.32 Å². The molecule has 104 valence electrons. The molecule has 1 N–H and O–H groups in total. The van der Waals surface area contributed by atoms with Crippen molar-refractivity contribution in [3.63, 3.8) is 0 Å². The molecule has 0 unspecified atom stereocenters. The van der Waals surface area contributed by atoms with Crippen molar-refractivity contribution < 1.29 is 4.39 Å². The van der Waals surface area contributed by atoms with Gasteiger partial charge in [-0.1, -0.05) is 35.3 Å². The zero-order valence-electron chi connectivity index (χ0n) is 11.1. The van der Waals surface area contributed by atoms with Crippen molar-refractivity contribution in [1.82, 2.24) is 0 Å². The third kappa shape index (κ3) is 2.27. The summed E-state index contributed by atoms with van der Waals surface area (Å²) in [7, 11) is 0. The number of rotatable bonds is 1. The molecule has 0 radical (unpaired) electrons. The van der Waals surface area contributed by atoms with Gasteiger partial charge >= 0.3 is 0 Å². The van der Waals surface area contributed by atoms with Crippen LogP contribution in [0.25, 0.3) is 11.1 Å². The fourth-order valence-electron chi connectivity index (χ4n) is 2.76. The average Bonchev–Trinajstić information content (AvgIpc) is 2.40. The molecule has 2 aromatic rings. The normalized spacial score (nSPS) is 13.8. The van der Waals surface area contributed by atoms with Gasteiger partial charge in [0.25, 0.3) is 0 Å². The Labute approximate surface area is 127 Å². The Morgan fingerprint density at radius 1 is 1.15 bits per heavy atom. The summed E-state index contributed by atoms with van der Waals surface area (Å²) in [5.41, 5.74) is 5.27. The van der Waals surface area contributed by atoms with Gasteiger partial charge in [-0.15, -0.1) is 0 Å². The van der Waals surface area contributed by atoms with E-state index in [0.29, 0.717) is 15.6 Å². The van der Waals surface area contributed by atoms with Gasteiger partial charge in [-0.25, -0.2) is 4.39 Å². The summed E-state index contributed by atoms with van der Waals surface area (Å²) >= 11 is 12.4. The highest BCUT2D eigenvalue weighted by Gasteiger charge is 2.19. The quantitative estimate of drug-likeness (QED) is 0.737. The first-order valence-electron chi connectivity index (χ1n) is 6.59. The predicted molar refractivity (Wildman–Crippen MR) is 83.4 cm³/mol. The topological polar surface area (TPSA) is 12.0 Å². The number of nitrogens with one attached hydrogen (secondary N) is 1. The van der Waals surface area contributed by atoms with Crippen LogP contribution in [0.4, 0.5) is 10.1 Å². The fourth-order valence-corrected chi connectivity index (χ4v) is 3.43. The monoisotopic (exact) mass is 309 g/mol. The summed E-state index contributed by atoms with van der Waals surface area (Å²) in [5.74, 6) is -0.419. The molecule has 20 heavy (non-hydrogen) atoms. The van der Waals surface area contributed by atoms with Gasteiger partial charge in [0.15, 0.2) is 0 Å². The second kappa shape index (κ2) is 5.27. The van der Waals surface area contributed by atoms with Crippen LogP contribution >= 0.6 is 23.2 Å². The number of anilines is 1. The number of hydrogen-bond donors (Lipinski definition) is 1.